The van der Waals surface area contributed by atoms with Gasteiger partial charge in [0.05, 0.1) is 24.9 Å². The summed E-state index contributed by atoms with van der Waals surface area (Å²) >= 11 is 0. The molecule has 1 fully saturated rings. The monoisotopic (exact) mass is 391 g/mol. The Hall–Kier alpha value is -3.48. The molecule has 2 heterocycles. The molecule has 3 aromatic rings. The maximum atomic E-state index is 12.8. The van der Waals surface area contributed by atoms with Crippen LogP contribution >= 0.6 is 0 Å². The number of fused-ring (bicyclic) bond motifs is 1. The van der Waals surface area contributed by atoms with E-state index in [1.807, 2.05) is 42.5 Å². The fraction of sp³-hybridized carbons (Fsp3) is 0.273. The molecule has 5 rings (SSSR count). The number of aromatic nitrogens is 2. The third-order valence-electron chi connectivity index (χ3n) is 5.19. The molecule has 0 atom stereocenters. The van der Waals surface area contributed by atoms with E-state index in [0.717, 1.165) is 46.8 Å². The van der Waals surface area contributed by atoms with E-state index in [1.165, 1.54) is 0 Å². The van der Waals surface area contributed by atoms with Crippen LogP contribution in [0.25, 0.3) is 11.3 Å². The predicted octanol–water partition coefficient (Wildman–Crippen LogP) is 3.87. The molecule has 0 spiro atoms. The van der Waals surface area contributed by atoms with Crippen LogP contribution in [0.3, 0.4) is 0 Å². The van der Waals surface area contributed by atoms with E-state index in [1.54, 1.807) is 7.11 Å². The number of carbonyl (C=O) groups is 1. The molecule has 2 aromatic carbocycles. The zero-order chi connectivity index (χ0) is 19.8. The van der Waals surface area contributed by atoms with Crippen molar-refractivity contribution < 1.29 is 19.0 Å². The molecule has 148 valence electrons. The number of ether oxygens (including phenoxy) is 3. The molecule has 29 heavy (non-hydrogen) atoms. The highest BCUT2D eigenvalue weighted by molar-refractivity contribution is 5.97. The Morgan fingerprint density at radius 3 is 2.90 bits per heavy atom. The Morgan fingerprint density at radius 2 is 2.07 bits per heavy atom. The molecule has 2 N–H and O–H groups in total. The van der Waals surface area contributed by atoms with Crippen molar-refractivity contribution in [2.45, 2.75) is 25.2 Å². The van der Waals surface area contributed by atoms with Crippen LogP contribution < -0.4 is 19.5 Å². The highest BCUT2D eigenvalue weighted by atomic mass is 16.7. The average molecular weight is 391 g/mol. The second-order valence-corrected chi connectivity index (χ2v) is 7.28. The lowest BCUT2D eigenvalue weighted by Crippen LogP contribution is -2.15. The number of methoxy groups -OCH3 is 1. The number of nitrogens with one attached hydrogen (secondary N) is 2. The fourth-order valence-electron chi connectivity index (χ4n) is 3.55. The van der Waals surface area contributed by atoms with Crippen LogP contribution in [0.15, 0.2) is 42.5 Å². The van der Waals surface area contributed by atoms with Crippen molar-refractivity contribution >= 4 is 11.6 Å². The molecular formula is C22H21N3O4. The number of carbonyl (C=O) groups excluding carboxylic acids is 1. The third kappa shape index (κ3) is 3.51. The number of benzene rings is 2. The van der Waals surface area contributed by atoms with Gasteiger partial charge in [-0.1, -0.05) is 12.1 Å². The van der Waals surface area contributed by atoms with Gasteiger partial charge in [0, 0.05) is 11.5 Å². The lowest BCUT2D eigenvalue weighted by atomic mass is 10.1. The lowest BCUT2D eigenvalue weighted by Gasteiger charge is -2.09. The van der Waals surface area contributed by atoms with E-state index in [2.05, 4.69) is 15.5 Å². The third-order valence-corrected chi connectivity index (χ3v) is 5.19. The Morgan fingerprint density at radius 1 is 1.21 bits per heavy atom. The van der Waals surface area contributed by atoms with Gasteiger partial charge in [0.25, 0.3) is 0 Å². The summed E-state index contributed by atoms with van der Waals surface area (Å²) in [6.45, 7) is 0.219. The first-order valence-corrected chi connectivity index (χ1v) is 9.62. The van der Waals surface area contributed by atoms with Crippen molar-refractivity contribution in [2.24, 2.45) is 0 Å². The van der Waals surface area contributed by atoms with Crippen molar-refractivity contribution in [3.05, 3.63) is 53.7 Å². The number of hydrogen-bond donors (Lipinski definition) is 2. The molecule has 1 aromatic heterocycles. The molecule has 7 heteroatoms. The number of H-pyrrole nitrogens is 1. The molecule has 1 aliphatic carbocycles. The smallest absolute Gasteiger partial charge is 0.231 e. The van der Waals surface area contributed by atoms with Crippen LogP contribution in [-0.4, -0.2) is 30.0 Å². The van der Waals surface area contributed by atoms with Gasteiger partial charge in [-0.3, -0.25) is 9.89 Å². The van der Waals surface area contributed by atoms with Crippen LogP contribution in [0.1, 0.15) is 30.0 Å². The molecule has 0 unspecified atom stereocenters. The maximum Gasteiger partial charge on any atom is 0.231 e. The zero-order valence-electron chi connectivity index (χ0n) is 16.0. The van der Waals surface area contributed by atoms with Crippen LogP contribution in [0.4, 0.5) is 5.69 Å². The first kappa shape index (κ1) is 17.6. The molecule has 2 aliphatic rings. The second-order valence-electron chi connectivity index (χ2n) is 7.28. The molecular weight excluding hydrogens is 370 g/mol. The molecule has 0 radical (unpaired) electrons. The topological polar surface area (TPSA) is 85.5 Å². The molecule has 0 saturated heterocycles. The Labute approximate surface area is 168 Å². The van der Waals surface area contributed by atoms with Gasteiger partial charge in [-0.25, -0.2) is 0 Å². The van der Waals surface area contributed by atoms with Crippen LogP contribution in [0.2, 0.25) is 0 Å². The maximum absolute atomic E-state index is 12.8. The molecule has 1 saturated carbocycles. The van der Waals surface area contributed by atoms with Crippen molar-refractivity contribution in [1.82, 2.24) is 10.2 Å². The highest BCUT2D eigenvalue weighted by Crippen LogP contribution is 2.46. The lowest BCUT2D eigenvalue weighted by molar-refractivity contribution is -0.115. The highest BCUT2D eigenvalue weighted by Gasteiger charge is 2.31. The Kier molecular flexibility index (Phi) is 4.35. The van der Waals surface area contributed by atoms with Gasteiger partial charge in [-0.2, -0.15) is 5.10 Å². The Bertz CT molecular complexity index is 1070. The largest absolute Gasteiger partial charge is 0.497 e. The predicted molar refractivity (Wildman–Crippen MR) is 107 cm³/mol. The van der Waals surface area contributed by atoms with E-state index in [4.69, 9.17) is 14.2 Å². The van der Waals surface area contributed by atoms with Gasteiger partial charge in [0.1, 0.15) is 11.4 Å². The molecule has 7 nitrogen and oxygen atoms in total. The number of nitrogens with zero attached hydrogens (tertiary/aromatic N) is 1. The minimum absolute atomic E-state index is 0.0939. The molecule has 1 aliphatic heterocycles. The number of hydrogen-bond acceptors (Lipinski definition) is 5. The fourth-order valence-corrected chi connectivity index (χ4v) is 3.55. The molecule has 1 amide bonds. The second kappa shape index (κ2) is 7.16. The number of anilines is 1. The van der Waals surface area contributed by atoms with E-state index in [0.29, 0.717) is 17.4 Å². The van der Waals surface area contributed by atoms with Crippen LogP contribution in [0.5, 0.6) is 17.2 Å². The number of amides is 1. The summed E-state index contributed by atoms with van der Waals surface area (Å²) < 4.78 is 16.1. The number of rotatable bonds is 6. The summed E-state index contributed by atoms with van der Waals surface area (Å²) in [5.74, 6) is 2.46. The zero-order valence-corrected chi connectivity index (χ0v) is 16.0. The van der Waals surface area contributed by atoms with Crippen molar-refractivity contribution in [1.29, 1.82) is 0 Å². The van der Waals surface area contributed by atoms with Gasteiger partial charge in [-0.05, 0) is 48.7 Å². The first-order chi connectivity index (χ1) is 14.2. The van der Waals surface area contributed by atoms with Crippen molar-refractivity contribution in [3.63, 3.8) is 0 Å². The van der Waals surface area contributed by atoms with Gasteiger partial charge >= 0.3 is 0 Å². The summed E-state index contributed by atoms with van der Waals surface area (Å²) in [6.07, 6.45) is 2.45. The van der Waals surface area contributed by atoms with Crippen molar-refractivity contribution in [3.8, 4) is 28.5 Å². The first-order valence-electron chi connectivity index (χ1n) is 9.62. The summed E-state index contributed by atoms with van der Waals surface area (Å²) in [4.78, 5) is 12.8. The van der Waals surface area contributed by atoms with Crippen LogP contribution in [-0.2, 0) is 11.2 Å². The van der Waals surface area contributed by atoms with Gasteiger partial charge in [0.15, 0.2) is 11.5 Å². The van der Waals surface area contributed by atoms with Gasteiger partial charge in [-0.15, -0.1) is 0 Å². The van der Waals surface area contributed by atoms with Crippen molar-refractivity contribution in [2.75, 3.05) is 19.2 Å². The van der Waals surface area contributed by atoms with Gasteiger partial charge in [0.2, 0.25) is 12.7 Å². The van der Waals surface area contributed by atoms with E-state index < -0.39 is 0 Å². The minimum atomic E-state index is -0.0939. The quantitative estimate of drug-likeness (QED) is 0.666. The SMILES string of the molecule is COc1cccc(CC(=O)Nc2c(-c3ccc4c(c3)OCO4)n[nH]c2C2CC2)c1. The minimum Gasteiger partial charge on any atom is -0.497 e. The van der Waals surface area contributed by atoms with Crippen LogP contribution in [0, 0.1) is 0 Å². The van der Waals surface area contributed by atoms with E-state index in [-0.39, 0.29) is 19.1 Å². The summed E-state index contributed by atoms with van der Waals surface area (Å²) in [5, 5.41) is 10.7. The standard InChI is InChI=1S/C22H21N3O4/c1-27-16-4-2-3-13(9-16)10-19(26)23-22-20(14-5-6-14)24-25-21(22)15-7-8-17-18(11-15)29-12-28-17/h2-4,7-9,11,14H,5-6,10,12H2,1H3,(H,23,26)(H,24,25). The summed E-state index contributed by atoms with van der Waals surface area (Å²) in [7, 11) is 1.62. The van der Waals surface area contributed by atoms with E-state index in [9.17, 15) is 4.79 Å². The Balaban J connectivity index is 1.43. The summed E-state index contributed by atoms with van der Waals surface area (Å²) in [5.41, 5.74) is 4.21. The number of aromatic amines is 1. The molecule has 0 bridgehead atoms. The average Bonchev–Trinajstić information content (AvgIpc) is 3.32. The normalized spacial score (nSPS) is 14.7. The van der Waals surface area contributed by atoms with Gasteiger partial charge < -0.3 is 19.5 Å². The summed E-state index contributed by atoms with van der Waals surface area (Å²) in [6, 6.07) is 13.2. The van der Waals surface area contributed by atoms with E-state index >= 15 is 0 Å².